The first-order valence-electron chi connectivity index (χ1n) is 8.50. The molecule has 2 heteroatoms. The minimum absolute atomic E-state index is 0.349. The summed E-state index contributed by atoms with van der Waals surface area (Å²) in [7, 11) is 0. The summed E-state index contributed by atoms with van der Waals surface area (Å²) in [5, 5.41) is 0. The third kappa shape index (κ3) is 5.11. The Bertz CT molecular complexity index is 596. The Morgan fingerprint density at radius 1 is 0.913 bits per heavy atom. The molecule has 0 aliphatic rings. The molecule has 2 nitrogen and oxygen atoms in total. The van der Waals surface area contributed by atoms with Crippen molar-refractivity contribution in [2.45, 2.75) is 46.0 Å². The Balaban J connectivity index is 1.94. The molecule has 0 aliphatic heterocycles. The molecule has 0 saturated heterocycles. The lowest BCUT2D eigenvalue weighted by Crippen LogP contribution is -2.15. The topological polar surface area (TPSA) is 35.2 Å². The smallest absolute Gasteiger partial charge is 0.119 e. The number of ether oxygens (including phenoxy) is 1. The molecule has 0 fully saturated rings. The SMILES string of the molecule is Cc1cc(C)cc(OCCC(CN)c2ccc(C(C)C)cc2)c1. The molecule has 0 heterocycles. The zero-order valence-corrected chi connectivity index (χ0v) is 14.8. The van der Waals surface area contributed by atoms with E-state index in [0.717, 1.165) is 12.2 Å². The molecule has 0 aromatic heterocycles. The Hall–Kier alpha value is -1.80. The van der Waals surface area contributed by atoms with Crippen LogP contribution in [0.2, 0.25) is 0 Å². The van der Waals surface area contributed by atoms with Crippen molar-refractivity contribution in [1.82, 2.24) is 0 Å². The van der Waals surface area contributed by atoms with Gasteiger partial charge in [-0.05, 0) is 73.0 Å². The van der Waals surface area contributed by atoms with Gasteiger partial charge in [0.1, 0.15) is 5.75 Å². The first-order chi connectivity index (χ1) is 11.0. The van der Waals surface area contributed by atoms with Crippen molar-refractivity contribution >= 4 is 0 Å². The summed E-state index contributed by atoms with van der Waals surface area (Å²) >= 11 is 0. The highest BCUT2D eigenvalue weighted by atomic mass is 16.5. The van der Waals surface area contributed by atoms with E-state index in [4.69, 9.17) is 10.5 Å². The van der Waals surface area contributed by atoms with Crippen LogP contribution in [0.1, 0.15) is 54.4 Å². The maximum atomic E-state index is 5.97. The fourth-order valence-electron chi connectivity index (χ4n) is 2.91. The first-order valence-corrected chi connectivity index (χ1v) is 8.50. The molecule has 1 atom stereocenters. The monoisotopic (exact) mass is 311 g/mol. The molecule has 2 aromatic rings. The highest BCUT2D eigenvalue weighted by Gasteiger charge is 2.11. The van der Waals surface area contributed by atoms with Gasteiger partial charge >= 0.3 is 0 Å². The van der Waals surface area contributed by atoms with Gasteiger partial charge in [-0.15, -0.1) is 0 Å². The molecule has 0 aliphatic carbocycles. The second-order valence-corrected chi connectivity index (χ2v) is 6.71. The van der Waals surface area contributed by atoms with E-state index >= 15 is 0 Å². The van der Waals surface area contributed by atoms with Gasteiger partial charge in [-0.3, -0.25) is 0 Å². The molecular weight excluding hydrogens is 282 g/mol. The minimum Gasteiger partial charge on any atom is -0.494 e. The molecule has 1 unspecified atom stereocenters. The first kappa shape index (κ1) is 17.6. The lowest BCUT2D eigenvalue weighted by molar-refractivity contribution is 0.298. The van der Waals surface area contributed by atoms with E-state index in [-0.39, 0.29) is 0 Å². The molecular formula is C21H29NO. The summed E-state index contributed by atoms with van der Waals surface area (Å²) in [4.78, 5) is 0. The van der Waals surface area contributed by atoms with Crippen LogP contribution >= 0.6 is 0 Å². The summed E-state index contributed by atoms with van der Waals surface area (Å²) in [6, 6.07) is 15.2. The summed E-state index contributed by atoms with van der Waals surface area (Å²) in [5.41, 5.74) is 11.1. The van der Waals surface area contributed by atoms with Gasteiger partial charge < -0.3 is 10.5 Å². The second-order valence-electron chi connectivity index (χ2n) is 6.71. The maximum Gasteiger partial charge on any atom is 0.119 e. The molecule has 0 radical (unpaired) electrons. The van der Waals surface area contributed by atoms with Crippen LogP contribution in [-0.4, -0.2) is 13.2 Å². The fraction of sp³-hybridized carbons (Fsp3) is 0.429. The number of benzene rings is 2. The number of hydrogen-bond donors (Lipinski definition) is 1. The Labute approximate surface area is 140 Å². The van der Waals surface area contributed by atoms with E-state index in [1.54, 1.807) is 0 Å². The molecule has 124 valence electrons. The molecule has 0 spiro atoms. The molecule has 2 rings (SSSR count). The van der Waals surface area contributed by atoms with Crippen molar-refractivity contribution in [3.05, 3.63) is 64.7 Å². The fourth-order valence-corrected chi connectivity index (χ4v) is 2.91. The number of rotatable bonds is 7. The highest BCUT2D eigenvalue weighted by molar-refractivity contribution is 5.33. The highest BCUT2D eigenvalue weighted by Crippen LogP contribution is 2.23. The Morgan fingerprint density at radius 2 is 1.48 bits per heavy atom. The number of aryl methyl sites for hydroxylation is 2. The van der Waals surface area contributed by atoms with Crippen LogP contribution in [0.3, 0.4) is 0 Å². The lowest BCUT2D eigenvalue weighted by Gasteiger charge is -2.17. The van der Waals surface area contributed by atoms with Crippen LogP contribution < -0.4 is 10.5 Å². The number of nitrogens with two attached hydrogens (primary N) is 1. The largest absolute Gasteiger partial charge is 0.494 e. The van der Waals surface area contributed by atoms with Crippen LogP contribution in [0.4, 0.5) is 0 Å². The van der Waals surface area contributed by atoms with Gasteiger partial charge in [0.2, 0.25) is 0 Å². The van der Waals surface area contributed by atoms with Gasteiger partial charge in [0.25, 0.3) is 0 Å². The zero-order valence-electron chi connectivity index (χ0n) is 14.8. The lowest BCUT2D eigenvalue weighted by atomic mass is 9.93. The minimum atomic E-state index is 0.349. The van der Waals surface area contributed by atoms with Crippen molar-refractivity contribution in [3.63, 3.8) is 0 Å². The molecule has 0 amide bonds. The van der Waals surface area contributed by atoms with E-state index in [9.17, 15) is 0 Å². The Morgan fingerprint density at radius 3 is 2.00 bits per heavy atom. The molecule has 0 bridgehead atoms. The average Bonchev–Trinajstić information content (AvgIpc) is 2.51. The summed E-state index contributed by atoms with van der Waals surface area (Å²) in [6.07, 6.45) is 0.935. The van der Waals surface area contributed by atoms with E-state index in [0.29, 0.717) is 25.0 Å². The summed E-state index contributed by atoms with van der Waals surface area (Å²) in [6.45, 7) is 9.96. The predicted molar refractivity (Wildman–Crippen MR) is 98.4 cm³/mol. The normalized spacial score (nSPS) is 12.4. The zero-order chi connectivity index (χ0) is 16.8. The van der Waals surface area contributed by atoms with E-state index < -0.39 is 0 Å². The van der Waals surface area contributed by atoms with Crippen molar-refractivity contribution in [2.24, 2.45) is 5.73 Å². The van der Waals surface area contributed by atoms with Crippen LogP contribution in [0.5, 0.6) is 5.75 Å². The van der Waals surface area contributed by atoms with Crippen molar-refractivity contribution in [2.75, 3.05) is 13.2 Å². The molecule has 2 aromatic carbocycles. The van der Waals surface area contributed by atoms with Gasteiger partial charge in [-0.25, -0.2) is 0 Å². The van der Waals surface area contributed by atoms with Crippen molar-refractivity contribution in [3.8, 4) is 5.75 Å². The van der Waals surface area contributed by atoms with Crippen LogP contribution in [-0.2, 0) is 0 Å². The quantitative estimate of drug-likeness (QED) is 0.786. The summed E-state index contributed by atoms with van der Waals surface area (Å²) < 4.78 is 5.93. The van der Waals surface area contributed by atoms with E-state index in [1.165, 1.54) is 22.3 Å². The van der Waals surface area contributed by atoms with Crippen LogP contribution in [0.25, 0.3) is 0 Å². The van der Waals surface area contributed by atoms with E-state index in [1.807, 2.05) is 0 Å². The standard InChI is InChI=1S/C21H29NO/c1-15(2)18-5-7-19(8-6-18)20(14-22)9-10-23-21-12-16(3)11-17(4)13-21/h5-8,11-13,15,20H,9-10,14,22H2,1-4H3. The third-order valence-corrected chi connectivity index (χ3v) is 4.29. The summed E-state index contributed by atoms with van der Waals surface area (Å²) in [5.74, 6) is 1.86. The predicted octanol–water partition coefficient (Wildman–Crippen LogP) is 4.94. The molecule has 2 N–H and O–H groups in total. The maximum absolute atomic E-state index is 5.97. The van der Waals surface area contributed by atoms with E-state index in [2.05, 4.69) is 70.2 Å². The van der Waals surface area contributed by atoms with Crippen molar-refractivity contribution < 1.29 is 4.74 Å². The number of hydrogen-bond acceptors (Lipinski definition) is 2. The molecule has 23 heavy (non-hydrogen) atoms. The van der Waals surface area contributed by atoms with Gasteiger partial charge in [-0.2, -0.15) is 0 Å². The Kier molecular flexibility index (Phi) is 6.23. The van der Waals surface area contributed by atoms with Gasteiger partial charge in [0, 0.05) is 0 Å². The third-order valence-electron chi connectivity index (χ3n) is 4.29. The van der Waals surface area contributed by atoms with Gasteiger partial charge in [-0.1, -0.05) is 44.2 Å². The van der Waals surface area contributed by atoms with Crippen LogP contribution in [0.15, 0.2) is 42.5 Å². The van der Waals surface area contributed by atoms with Gasteiger partial charge in [0.15, 0.2) is 0 Å². The molecule has 0 saturated carbocycles. The van der Waals surface area contributed by atoms with Crippen molar-refractivity contribution in [1.29, 1.82) is 0 Å². The average molecular weight is 311 g/mol. The van der Waals surface area contributed by atoms with Gasteiger partial charge in [0.05, 0.1) is 6.61 Å². The van der Waals surface area contributed by atoms with Crippen LogP contribution in [0, 0.1) is 13.8 Å². The second kappa shape index (κ2) is 8.16.